The van der Waals surface area contributed by atoms with E-state index in [1.807, 2.05) is 0 Å². The molecule has 1 atom stereocenters. The fourth-order valence-electron chi connectivity index (χ4n) is 7.15. The first kappa shape index (κ1) is 54.9. The lowest BCUT2D eigenvalue weighted by Gasteiger charge is -2.18. The highest BCUT2D eigenvalue weighted by Crippen LogP contribution is 2.15. The Balaban J connectivity index is 4.33. The molecule has 0 aliphatic heterocycles. The molecule has 0 spiro atoms. The van der Waals surface area contributed by atoms with E-state index in [2.05, 4.69) is 45.1 Å². The summed E-state index contributed by atoms with van der Waals surface area (Å²) in [6.45, 7) is 6.57. The molecule has 0 bridgehead atoms. The first-order valence-electron chi connectivity index (χ1n) is 24.8. The van der Waals surface area contributed by atoms with E-state index in [0.717, 1.165) is 77.0 Å². The molecule has 0 saturated carbocycles. The van der Waals surface area contributed by atoms with Gasteiger partial charge in [0, 0.05) is 19.3 Å². The minimum atomic E-state index is -0.773. The van der Waals surface area contributed by atoms with Crippen molar-refractivity contribution in [3.05, 3.63) is 24.3 Å². The van der Waals surface area contributed by atoms with Crippen molar-refractivity contribution in [2.24, 2.45) is 0 Å². The summed E-state index contributed by atoms with van der Waals surface area (Å²) >= 11 is 0. The van der Waals surface area contributed by atoms with Crippen LogP contribution >= 0.6 is 0 Å². The predicted molar refractivity (Wildman–Crippen MR) is 243 cm³/mol. The molecule has 0 radical (unpaired) electrons. The van der Waals surface area contributed by atoms with E-state index < -0.39 is 6.10 Å². The standard InChI is InChI=1S/C51H94O6/c1-4-7-10-13-16-19-22-24-26-28-29-32-35-38-41-44-50(53)56-47-48(46-55-49(52)43-40-37-34-31-21-18-15-12-9-6-3)57-51(54)45-42-39-36-33-30-27-25-23-20-17-14-11-8-5-2/h12,15,23,25,48H,4-11,13-14,16-22,24,26-47H2,1-3H3/b15-12-,25-23-. The van der Waals surface area contributed by atoms with Crippen LogP contribution in [-0.2, 0) is 28.6 Å². The molecule has 0 aromatic rings. The zero-order valence-electron chi connectivity index (χ0n) is 38.1. The molecule has 0 heterocycles. The molecule has 0 amide bonds. The lowest BCUT2D eigenvalue weighted by atomic mass is 10.0. The van der Waals surface area contributed by atoms with Crippen LogP contribution in [0.4, 0.5) is 0 Å². The van der Waals surface area contributed by atoms with Crippen molar-refractivity contribution >= 4 is 17.9 Å². The molecule has 0 N–H and O–H groups in total. The van der Waals surface area contributed by atoms with Gasteiger partial charge in [-0.25, -0.2) is 0 Å². The molecule has 0 aliphatic rings. The van der Waals surface area contributed by atoms with Crippen molar-refractivity contribution < 1.29 is 28.6 Å². The second-order valence-electron chi connectivity index (χ2n) is 16.7. The average Bonchev–Trinajstić information content (AvgIpc) is 3.21. The monoisotopic (exact) mass is 803 g/mol. The Morgan fingerprint density at radius 3 is 0.947 bits per heavy atom. The topological polar surface area (TPSA) is 78.9 Å². The van der Waals surface area contributed by atoms with Gasteiger partial charge >= 0.3 is 17.9 Å². The van der Waals surface area contributed by atoms with Crippen LogP contribution in [0.15, 0.2) is 24.3 Å². The Hall–Kier alpha value is -2.11. The first-order valence-corrected chi connectivity index (χ1v) is 24.8. The van der Waals surface area contributed by atoms with Crippen LogP contribution in [0.5, 0.6) is 0 Å². The van der Waals surface area contributed by atoms with Gasteiger partial charge in [0.2, 0.25) is 0 Å². The van der Waals surface area contributed by atoms with Crippen molar-refractivity contribution in [1.29, 1.82) is 0 Å². The third-order valence-corrected chi connectivity index (χ3v) is 10.9. The van der Waals surface area contributed by atoms with Crippen LogP contribution in [0, 0.1) is 0 Å². The highest BCUT2D eigenvalue weighted by molar-refractivity contribution is 5.71. The molecule has 0 saturated heterocycles. The molecule has 57 heavy (non-hydrogen) atoms. The fraction of sp³-hybridized carbons (Fsp3) is 0.863. The maximum absolute atomic E-state index is 12.7. The number of carbonyl (C=O) groups is 3. The van der Waals surface area contributed by atoms with Gasteiger partial charge in [0.1, 0.15) is 13.2 Å². The second-order valence-corrected chi connectivity index (χ2v) is 16.7. The summed E-state index contributed by atoms with van der Waals surface area (Å²) in [5, 5.41) is 0. The fourth-order valence-corrected chi connectivity index (χ4v) is 7.15. The van der Waals surface area contributed by atoms with Crippen molar-refractivity contribution in [3.8, 4) is 0 Å². The van der Waals surface area contributed by atoms with Crippen LogP contribution in [0.25, 0.3) is 0 Å². The quantitative estimate of drug-likeness (QED) is 0.0264. The predicted octanol–water partition coefficient (Wildman–Crippen LogP) is 16.0. The van der Waals surface area contributed by atoms with E-state index in [-0.39, 0.29) is 31.1 Å². The summed E-state index contributed by atoms with van der Waals surface area (Å²) in [6.07, 6.45) is 51.6. The molecule has 0 aliphatic carbocycles. The van der Waals surface area contributed by atoms with E-state index in [9.17, 15) is 14.4 Å². The Labute approximate surface area is 353 Å². The largest absolute Gasteiger partial charge is 0.462 e. The van der Waals surface area contributed by atoms with Crippen LogP contribution < -0.4 is 0 Å². The Kier molecular flexibility index (Phi) is 44.9. The van der Waals surface area contributed by atoms with Crippen molar-refractivity contribution in [2.45, 2.75) is 271 Å². The highest BCUT2D eigenvalue weighted by Gasteiger charge is 2.19. The van der Waals surface area contributed by atoms with Crippen LogP contribution in [0.1, 0.15) is 265 Å². The van der Waals surface area contributed by atoms with Gasteiger partial charge in [0.15, 0.2) is 6.10 Å². The van der Waals surface area contributed by atoms with E-state index >= 15 is 0 Å². The summed E-state index contributed by atoms with van der Waals surface area (Å²) < 4.78 is 16.7. The lowest BCUT2D eigenvalue weighted by molar-refractivity contribution is -0.167. The number of unbranched alkanes of at least 4 members (excludes halogenated alkanes) is 30. The molecule has 334 valence electrons. The number of rotatable bonds is 45. The third-order valence-electron chi connectivity index (χ3n) is 10.9. The highest BCUT2D eigenvalue weighted by atomic mass is 16.6. The second kappa shape index (κ2) is 46.6. The molecule has 0 aromatic carbocycles. The van der Waals surface area contributed by atoms with Crippen molar-refractivity contribution in [2.75, 3.05) is 13.2 Å². The number of ether oxygens (including phenoxy) is 3. The zero-order chi connectivity index (χ0) is 41.5. The van der Waals surface area contributed by atoms with Crippen molar-refractivity contribution in [1.82, 2.24) is 0 Å². The molecular weight excluding hydrogens is 709 g/mol. The number of allylic oxidation sites excluding steroid dienone is 4. The third kappa shape index (κ3) is 44.8. The van der Waals surface area contributed by atoms with Gasteiger partial charge in [-0.05, 0) is 64.2 Å². The van der Waals surface area contributed by atoms with Crippen LogP contribution in [0.2, 0.25) is 0 Å². The van der Waals surface area contributed by atoms with Gasteiger partial charge in [-0.15, -0.1) is 0 Å². The van der Waals surface area contributed by atoms with Gasteiger partial charge in [-0.3, -0.25) is 14.4 Å². The Bertz CT molecular complexity index is 927. The van der Waals surface area contributed by atoms with Crippen LogP contribution in [0.3, 0.4) is 0 Å². The zero-order valence-corrected chi connectivity index (χ0v) is 38.1. The lowest BCUT2D eigenvalue weighted by Crippen LogP contribution is -2.30. The summed E-state index contributed by atoms with van der Waals surface area (Å²) in [6, 6.07) is 0. The van der Waals surface area contributed by atoms with Crippen molar-refractivity contribution in [3.63, 3.8) is 0 Å². The molecule has 0 aromatic heterocycles. The van der Waals surface area contributed by atoms with Gasteiger partial charge in [0.25, 0.3) is 0 Å². The van der Waals surface area contributed by atoms with Gasteiger partial charge < -0.3 is 14.2 Å². The van der Waals surface area contributed by atoms with E-state index in [1.54, 1.807) is 0 Å². The van der Waals surface area contributed by atoms with E-state index in [0.29, 0.717) is 19.3 Å². The Morgan fingerprint density at radius 1 is 0.333 bits per heavy atom. The molecule has 6 heteroatoms. The van der Waals surface area contributed by atoms with Gasteiger partial charge in [-0.1, -0.05) is 206 Å². The number of carbonyl (C=O) groups excluding carboxylic acids is 3. The number of hydrogen-bond donors (Lipinski definition) is 0. The number of hydrogen-bond acceptors (Lipinski definition) is 6. The average molecular weight is 803 g/mol. The molecule has 0 rings (SSSR count). The summed E-state index contributed by atoms with van der Waals surface area (Å²) in [4.78, 5) is 37.8. The maximum atomic E-state index is 12.7. The normalized spacial score (nSPS) is 12.1. The minimum Gasteiger partial charge on any atom is -0.462 e. The summed E-state index contributed by atoms with van der Waals surface area (Å²) in [5.74, 6) is -0.884. The summed E-state index contributed by atoms with van der Waals surface area (Å²) in [7, 11) is 0. The molecule has 0 fully saturated rings. The first-order chi connectivity index (χ1) is 28.0. The smallest absolute Gasteiger partial charge is 0.306 e. The summed E-state index contributed by atoms with van der Waals surface area (Å²) in [5.41, 5.74) is 0. The van der Waals surface area contributed by atoms with Crippen LogP contribution in [-0.4, -0.2) is 37.2 Å². The Morgan fingerprint density at radius 2 is 0.614 bits per heavy atom. The minimum absolute atomic E-state index is 0.0739. The maximum Gasteiger partial charge on any atom is 0.306 e. The van der Waals surface area contributed by atoms with Gasteiger partial charge in [0.05, 0.1) is 0 Å². The number of esters is 3. The SMILES string of the molecule is CCC/C=C\CCCCCCCC(=O)OCC(COC(=O)CCCCCCCCCCCCCCCCC)OC(=O)CCCCCCC/C=C\CCCCCCC. The molecular formula is C51H94O6. The van der Waals surface area contributed by atoms with E-state index in [4.69, 9.17) is 14.2 Å². The van der Waals surface area contributed by atoms with E-state index in [1.165, 1.54) is 148 Å². The molecule has 6 nitrogen and oxygen atoms in total. The van der Waals surface area contributed by atoms with Gasteiger partial charge in [-0.2, -0.15) is 0 Å². The molecule has 1 unspecified atom stereocenters.